The van der Waals surface area contributed by atoms with E-state index < -0.39 is 0 Å². The lowest BCUT2D eigenvalue weighted by molar-refractivity contribution is -0.120. The van der Waals surface area contributed by atoms with Gasteiger partial charge in [-0.3, -0.25) is 9.69 Å². The SMILES string of the molecule is CN1CCNCC1c1noc(CCNC(=O)Cc2ccccc2)n1. The lowest BCUT2D eigenvalue weighted by Crippen LogP contribution is -2.44. The highest BCUT2D eigenvalue weighted by Gasteiger charge is 2.25. The Morgan fingerprint density at radius 2 is 2.25 bits per heavy atom. The molecule has 0 spiro atoms. The van der Waals surface area contributed by atoms with Crippen molar-refractivity contribution >= 4 is 5.91 Å². The monoisotopic (exact) mass is 329 g/mol. The lowest BCUT2D eigenvalue weighted by Gasteiger charge is -2.30. The summed E-state index contributed by atoms with van der Waals surface area (Å²) in [5.41, 5.74) is 1.00. The third kappa shape index (κ3) is 4.39. The van der Waals surface area contributed by atoms with Gasteiger partial charge in [0.1, 0.15) is 0 Å². The first-order chi connectivity index (χ1) is 11.7. The van der Waals surface area contributed by atoms with Gasteiger partial charge in [0.25, 0.3) is 0 Å². The second kappa shape index (κ2) is 8.03. The zero-order chi connectivity index (χ0) is 16.8. The highest BCUT2D eigenvalue weighted by molar-refractivity contribution is 5.78. The number of amides is 1. The molecule has 1 saturated heterocycles. The number of aromatic nitrogens is 2. The zero-order valence-corrected chi connectivity index (χ0v) is 13.9. The number of benzene rings is 1. The van der Waals surface area contributed by atoms with Crippen LogP contribution in [0.3, 0.4) is 0 Å². The van der Waals surface area contributed by atoms with Gasteiger partial charge < -0.3 is 15.2 Å². The van der Waals surface area contributed by atoms with E-state index in [0.29, 0.717) is 31.1 Å². The Bertz CT molecular complexity index is 658. The predicted octanol–water partition coefficient (Wildman–Crippen LogP) is 0.547. The van der Waals surface area contributed by atoms with Gasteiger partial charge >= 0.3 is 0 Å². The van der Waals surface area contributed by atoms with Gasteiger partial charge in [-0.1, -0.05) is 35.5 Å². The summed E-state index contributed by atoms with van der Waals surface area (Å²) < 4.78 is 5.30. The van der Waals surface area contributed by atoms with Crippen molar-refractivity contribution in [2.24, 2.45) is 0 Å². The number of hydrogen-bond donors (Lipinski definition) is 2. The molecule has 1 aromatic carbocycles. The first-order valence-electron chi connectivity index (χ1n) is 8.26. The Morgan fingerprint density at radius 1 is 1.42 bits per heavy atom. The fourth-order valence-electron chi connectivity index (χ4n) is 2.75. The van der Waals surface area contributed by atoms with Crippen LogP contribution in [-0.2, 0) is 17.6 Å². The lowest BCUT2D eigenvalue weighted by atomic mass is 10.1. The van der Waals surface area contributed by atoms with E-state index in [4.69, 9.17) is 4.52 Å². The molecule has 7 heteroatoms. The molecule has 2 aromatic rings. The Morgan fingerprint density at radius 3 is 3.04 bits per heavy atom. The average Bonchev–Trinajstić information content (AvgIpc) is 3.05. The van der Waals surface area contributed by atoms with Crippen molar-refractivity contribution < 1.29 is 9.32 Å². The van der Waals surface area contributed by atoms with Gasteiger partial charge in [0.2, 0.25) is 11.8 Å². The van der Waals surface area contributed by atoms with E-state index in [1.807, 2.05) is 30.3 Å². The number of nitrogens with zero attached hydrogens (tertiary/aromatic N) is 3. The van der Waals surface area contributed by atoms with Crippen LogP contribution in [0.25, 0.3) is 0 Å². The summed E-state index contributed by atoms with van der Waals surface area (Å²) in [5.74, 6) is 1.26. The van der Waals surface area contributed by atoms with Crippen LogP contribution in [0, 0.1) is 0 Å². The van der Waals surface area contributed by atoms with Crippen LogP contribution in [0.4, 0.5) is 0 Å². The maximum Gasteiger partial charge on any atom is 0.228 e. The molecule has 0 bridgehead atoms. The molecule has 1 unspecified atom stereocenters. The summed E-state index contributed by atoms with van der Waals surface area (Å²) in [7, 11) is 2.06. The average molecular weight is 329 g/mol. The standard InChI is InChI=1S/C17H23N5O2/c1-22-10-9-18-12-14(22)17-20-16(24-21-17)7-8-19-15(23)11-13-5-3-2-4-6-13/h2-6,14,18H,7-12H2,1H3,(H,19,23). The third-order valence-corrected chi connectivity index (χ3v) is 4.16. The summed E-state index contributed by atoms with van der Waals surface area (Å²) >= 11 is 0. The quantitative estimate of drug-likeness (QED) is 0.805. The minimum absolute atomic E-state index is 0.00264. The zero-order valence-electron chi connectivity index (χ0n) is 13.9. The fraction of sp³-hybridized carbons (Fsp3) is 0.471. The molecule has 0 aliphatic carbocycles. The summed E-state index contributed by atoms with van der Waals surface area (Å²) in [6, 6.07) is 9.83. The number of hydrogen-bond acceptors (Lipinski definition) is 6. The molecule has 2 heterocycles. The van der Waals surface area contributed by atoms with E-state index in [9.17, 15) is 4.79 Å². The molecule has 1 aromatic heterocycles. The highest BCUT2D eigenvalue weighted by Crippen LogP contribution is 2.17. The number of carbonyl (C=O) groups excluding carboxylic acids is 1. The topological polar surface area (TPSA) is 83.3 Å². The summed E-state index contributed by atoms with van der Waals surface area (Å²) in [4.78, 5) is 18.6. The van der Waals surface area contributed by atoms with Crippen LogP contribution in [0.1, 0.15) is 23.3 Å². The van der Waals surface area contributed by atoms with Crippen LogP contribution in [0.5, 0.6) is 0 Å². The largest absolute Gasteiger partial charge is 0.355 e. The van der Waals surface area contributed by atoms with Crippen molar-refractivity contribution in [2.75, 3.05) is 33.2 Å². The highest BCUT2D eigenvalue weighted by atomic mass is 16.5. The van der Waals surface area contributed by atoms with E-state index in [-0.39, 0.29) is 11.9 Å². The van der Waals surface area contributed by atoms with Crippen molar-refractivity contribution in [1.82, 2.24) is 25.7 Å². The van der Waals surface area contributed by atoms with Crippen LogP contribution in [0.2, 0.25) is 0 Å². The summed E-state index contributed by atoms with van der Waals surface area (Å²) in [6.07, 6.45) is 0.922. The smallest absolute Gasteiger partial charge is 0.228 e. The van der Waals surface area contributed by atoms with E-state index in [2.05, 4.69) is 32.7 Å². The van der Waals surface area contributed by atoms with E-state index >= 15 is 0 Å². The molecule has 1 aliphatic heterocycles. The van der Waals surface area contributed by atoms with Gasteiger partial charge in [0, 0.05) is 32.6 Å². The van der Waals surface area contributed by atoms with Crippen molar-refractivity contribution in [1.29, 1.82) is 0 Å². The minimum Gasteiger partial charge on any atom is -0.355 e. The maximum absolute atomic E-state index is 11.9. The molecular formula is C17H23N5O2. The van der Waals surface area contributed by atoms with Crippen molar-refractivity contribution in [3.05, 3.63) is 47.6 Å². The molecular weight excluding hydrogens is 306 g/mol. The third-order valence-electron chi connectivity index (χ3n) is 4.16. The van der Waals surface area contributed by atoms with E-state index in [0.717, 1.165) is 25.2 Å². The van der Waals surface area contributed by atoms with Gasteiger partial charge in [-0.2, -0.15) is 4.98 Å². The molecule has 1 atom stereocenters. The predicted molar refractivity (Wildman–Crippen MR) is 89.4 cm³/mol. The normalized spacial score (nSPS) is 18.5. The number of rotatable bonds is 6. The first-order valence-corrected chi connectivity index (χ1v) is 8.26. The minimum atomic E-state index is -0.00264. The van der Waals surface area contributed by atoms with Crippen molar-refractivity contribution in [2.45, 2.75) is 18.9 Å². The molecule has 1 fully saturated rings. The van der Waals surface area contributed by atoms with Gasteiger partial charge in [0.05, 0.1) is 12.5 Å². The molecule has 1 amide bonds. The number of piperazine rings is 1. The summed E-state index contributed by atoms with van der Waals surface area (Å²) in [5, 5.41) is 10.3. The first kappa shape index (κ1) is 16.6. The van der Waals surface area contributed by atoms with Crippen LogP contribution >= 0.6 is 0 Å². The van der Waals surface area contributed by atoms with Crippen LogP contribution < -0.4 is 10.6 Å². The van der Waals surface area contributed by atoms with Gasteiger partial charge in [-0.15, -0.1) is 0 Å². The fourth-order valence-corrected chi connectivity index (χ4v) is 2.75. The van der Waals surface area contributed by atoms with Crippen LogP contribution in [-0.4, -0.2) is 54.2 Å². The second-order valence-electron chi connectivity index (χ2n) is 6.01. The Kier molecular flexibility index (Phi) is 5.55. The number of nitrogens with one attached hydrogen (secondary N) is 2. The number of carbonyl (C=O) groups is 1. The van der Waals surface area contributed by atoms with Crippen molar-refractivity contribution in [3.8, 4) is 0 Å². The van der Waals surface area contributed by atoms with Crippen LogP contribution in [0.15, 0.2) is 34.9 Å². The van der Waals surface area contributed by atoms with E-state index in [1.165, 1.54) is 0 Å². The molecule has 24 heavy (non-hydrogen) atoms. The molecule has 0 radical (unpaired) electrons. The molecule has 3 rings (SSSR count). The molecule has 7 nitrogen and oxygen atoms in total. The molecule has 0 saturated carbocycles. The molecule has 128 valence electrons. The number of likely N-dealkylation sites (N-methyl/N-ethyl adjacent to an activating group) is 1. The molecule has 1 aliphatic rings. The van der Waals surface area contributed by atoms with Gasteiger partial charge in [-0.25, -0.2) is 0 Å². The van der Waals surface area contributed by atoms with Gasteiger partial charge in [-0.05, 0) is 12.6 Å². The van der Waals surface area contributed by atoms with Gasteiger partial charge in [0.15, 0.2) is 5.82 Å². The maximum atomic E-state index is 11.9. The Labute approximate surface area is 141 Å². The van der Waals surface area contributed by atoms with E-state index in [1.54, 1.807) is 0 Å². The Hall–Kier alpha value is -2.25. The van der Waals surface area contributed by atoms with Crippen molar-refractivity contribution in [3.63, 3.8) is 0 Å². The molecule has 2 N–H and O–H groups in total. The second-order valence-corrected chi connectivity index (χ2v) is 6.01. The Balaban J connectivity index is 1.44. The summed E-state index contributed by atoms with van der Waals surface area (Å²) in [6.45, 7) is 3.25.